The Morgan fingerprint density at radius 3 is 2.69 bits per heavy atom. The van der Waals surface area contributed by atoms with Gasteiger partial charge in [0.15, 0.2) is 0 Å². The number of aromatic amines is 1. The maximum Gasteiger partial charge on any atom is 0.243 e. The molecule has 5 rings (SSSR count). The van der Waals surface area contributed by atoms with Crippen molar-refractivity contribution in [2.24, 2.45) is 5.73 Å². The maximum absolute atomic E-state index is 13.3. The smallest absolute Gasteiger partial charge is 0.243 e. The van der Waals surface area contributed by atoms with Gasteiger partial charge in [0.1, 0.15) is 0 Å². The van der Waals surface area contributed by atoms with Gasteiger partial charge in [-0.25, -0.2) is 0 Å². The summed E-state index contributed by atoms with van der Waals surface area (Å²) < 4.78 is 2.19. The monoisotopic (exact) mass is 431 g/mol. The summed E-state index contributed by atoms with van der Waals surface area (Å²) in [5.41, 5.74) is 9.79. The fourth-order valence-corrected chi connectivity index (χ4v) is 5.34. The van der Waals surface area contributed by atoms with Gasteiger partial charge < -0.3 is 15.2 Å². The van der Waals surface area contributed by atoms with Crippen molar-refractivity contribution in [3.63, 3.8) is 0 Å². The predicted octanol–water partition coefficient (Wildman–Crippen LogP) is 4.34. The maximum atomic E-state index is 13.3. The van der Waals surface area contributed by atoms with Crippen LogP contribution in [-0.2, 0) is 17.9 Å². The van der Waals surface area contributed by atoms with Crippen LogP contribution in [0.4, 0.5) is 0 Å². The number of hydrogen-bond donors (Lipinski definition) is 2. The van der Waals surface area contributed by atoms with Crippen molar-refractivity contribution in [3.8, 4) is 11.1 Å². The fourth-order valence-electron chi connectivity index (χ4n) is 4.92. The van der Waals surface area contributed by atoms with E-state index in [2.05, 4.69) is 14.8 Å². The Morgan fingerprint density at radius 2 is 1.97 bits per heavy atom. The minimum atomic E-state index is -0.733. The summed E-state index contributed by atoms with van der Waals surface area (Å²) in [5, 5.41) is 9.10. The zero-order chi connectivity index (χ0) is 20.2. The largest absolute Gasteiger partial charge is 0.339 e. The van der Waals surface area contributed by atoms with Gasteiger partial charge in [-0.15, -0.1) is 0 Å². The number of halogens is 2. The molecule has 0 radical (unpaired) electrons. The average molecular weight is 432 g/mol. The highest BCUT2D eigenvalue weighted by Crippen LogP contribution is 2.42. The number of carbonyl (C=O) groups is 1. The zero-order valence-corrected chi connectivity index (χ0v) is 17.6. The SMILES string of the molecule is NC1(C(=O)N2CCn3c(c(-c4cn[nH]c4)c4ccc(Cl)c(Cl)c43)C2)CCCCC1. The first-order chi connectivity index (χ1) is 14.0. The first-order valence-electron chi connectivity index (χ1n) is 10.1. The molecule has 0 atom stereocenters. The molecular weight excluding hydrogens is 409 g/mol. The molecule has 29 heavy (non-hydrogen) atoms. The number of carbonyl (C=O) groups excluding carboxylic acids is 1. The van der Waals surface area contributed by atoms with Gasteiger partial charge >= 0.3 is 0 Å². The van der Waals surface area contributed by atoms with Crippen LogP contribution >= 0.6 is 23.2 Å². The molecule has 8 heteroatoms. The molecule has 1 aromatic carbocycles. The van der Waals surface area contributed by atoms with Gasteiger partial charge in [0.05, 0.1) is 33.8 Å². The summed E-state index contributed by atoms with van der Waals surface area (Å²) in [6.07, 6.45) is 8.39. The minimum absolute atomic E-state index is 0.0657. The van der Waals surface area contributed by atoms with E-state index in [1.54, 1.807) is 6.20 Å². The number of hydrogen-bond acceptors (Lipinski definition) is 3. The molecule has 1 aliphatic heterocycles. The molecule has 152 valence electrons. The molecule has 1 saturated carbocycles. The standard InChI is InChI=1S/C21H23Cl2N5O/c22-15-5-4-14-17(13-10-25-26-11-13)16-12-27(8-9-28(16)19(14)18(15)23)20(29)21(24)6-2-1-3-7-21/h4-5,10-11H,1-3,6-9,12,24H2,(H,25,26). The van der Waals surface area contributed by atoms with E-state index in [4.69, 9.17) is 28.9 Å². The normalized spacial score (nSPS) is 18.8. The first-order valence-corrected chi connectivity index (χ1v) is 10.8. The molecule has 6 nitrogen and oxygen atoms in total. The van der Waals surface area contributed by atoms with E-state index < -0.39 is 5.54 Å². The quantitative estimate of drug-likeness (QED) is 0.632. The lowest BCUT2D eigenvalue weighted by Crippen LogP contribution is -2.57. The Hall–Kier alpha value is -2.02. The molecular formula is C21H23Cl2N5O. The Kier molecular flexibility index (Phi) is 4.61. The number of benzene rings is 1. The molecule has 1 aliphatic carbocycles. The molecule has 1 fully saturated rings. The highest BCUT2D eigenvalue weighted by molar-refractivity contribution is 6.45. The minimum Gasteiger partial charge on any atom is -0.339 e. The van der Waals surface area contributed by atoms with Crippen molar-refractivity contribution in [1.82, 2.24) is 19.7 Å². The summed E-state index contributed by atoms with van der Waals surface area (Å²) in [7, 11) is 0. The average Bonchev–Trinajstić information content (AvgIpc) is 3.36. The summed E-state index contributed by atoms with van der Waals surface area (Å²) in [4.78, 5) is 15.3. The Morgan fingerprint density at radius 1 is 1.17 bits per heavy atom. The Labute approximate surface area is 178 Å². The third-order valence-corrected chi connectivity index (χ3v) is 7.20. The van der Waals surface area contributed by atoms with Crippen LogP contribution in [0.3, 0.4) is 0 Å². The first kappa shape index (κ1) is 19.0. The third-order valence-electron chi connectivity index (χ3n) is 6.40. The number of fused-ring (bicyclic) bond motifs is 3. The van der Waals surface area contributed by atoms with Crippen LogP contribution in [0.5, 0.6) is 0 Å². The van der Waals surface area contributed by atoms with Crippen molar-refractivity contribution in [2.75, 3.05) is 6.54 Å². The van der Waals surface area contributed by atoms with Gasteiger partial charge in [0.25, 0.3) is 0 Å². The molecule has 1 amide bonds. The van der Waals surface area contributed by atoms with E-state index in [1.165, 1.54) is 0 Å². The molecule has 3 aromatic rings. The van der Waals surface area contributed by atoms with Gasteiger partial charge in [-0.2, -0.15) is 5.10 Å². The molecule has 0 bridgehead atoms. The summed E-state index contributed by atoms with van der Waals surface area (Å²) in [6.45, 7) is 1.77. The lowest BCUT2D eigenvalue weighted by atomic mass is 9.81. The van der Waals surface area contributed by atoms with Gasteiger partial charge in [-0.05, 0) is 18.9 Å². The highest BCUT2D eigenvalue weighted by Gasteiger charge is 2.40. The van der Waals surface area contributed by atoms with Crippen LogP contribution in [0.2, 0.25) is 10.0 Å². The molecule has 0 unspecified atom stereocenters. The lowest BCUT2D eigenvalue weighted by Gasteiger charge is -2.39. The van der Waals surface area contributed by atoms with Crippen LogP contribution in [-0.4, -0.2) is 37.7 Å². The molecule has 0 spiro atoms. The van der Waals surface area contributed by atoms with Crippen LogP contribution in [0.1, 0.15) is 37.8 Å². The second-order valence-corrected chi connectivity index (χ2v) is 8.95. The van der Waals surface area contributed by atoms with E-state index >= 15 is 0 Å². The van der Waals surface area contributed by atoms with Gasteiger partial charge in [-0.3, -0.25) is 9.89 Å². The molecule has 0 saturated heterocycles. The van der Waals surface area contributed by atoms with E-state index in [9.17, 15) is 4.79 Å². The van der Waals surface area contributed by atoms with Crippen molar-refractivity contribution >= 4 is 40.0 Å². The van der Waals surface area contributed by atoms with Crippen LogP contribution in [0, 0.1) is 0 Å². The predicted molar refractivity (Wildman–Crippen MR) is 115 cm³/mol. The highest BCUT2D eigenvalue weighted by atomic mass is 35.5. The second-order valence-electron chi connectivity index (χ2n) is 8.16. The Bertz CT molecular complexity index is 1080. The van der Waals surface area contributed by atoms with Gasteiger partial charge in [0.2, 0.25) is 5.91 Å². The van der Waals surface area contributed by atoms with Crippen LogP contribution in [0.25, 0.3) is 22.0 Å². The van der Waals surface area contributed by atoms with E-state index in [0.29, 0.717) is 29.7 Å². The number of rotatable bonds is 2. The molecule has 2 aromatic heterocycles. The Balaban J connectivity index is 1.62. The van der Waals surface area contributed by atoms with Crippen molar-refractivity contribution in [3.05, 3.63) is 40.3 Å². The number of nitrogens with one attached hydrogen (secondary N) is 1. The second kappa shape index (κ2) is 7.04. The van der Waals surface area contributed by atoms with Crippen molar-refractivity contribution < 1.29 is 4.79 Å². The number of aromatic nitrogens is 3. The number of H-pyrrole nitrogens is 1. The molecule has 2 aliphatic rings. The zero-order valence-electron chi connectivity index (χ0n) is 16.0. The van der Waals surface area contributed by atoms with Gasteiger partial charge in [0, 0.05) is 41.5 Å². The lowest BCUT2D eigenvalue weighted by molar-refractivity contribution is -0.139. The third kappa shape index (κ3) is 2.97. The number of nitrogens with two attached hydrogens (primary N) is 1. The summed E-state index contributed by atoms with van der Waals surface area (Å²) >= 11 is 12.9. The van der Waals surface area contributed by atoms with E-state index in [0.717, 1.165) is 59.8 Å². The van der Waals surface area contributed by atoms with Crippen LogP contribution < -0.4 is 5.73 Å². The van der Waals surface area contributed by atoms with Crippen LogP contribution in [0.15, 0.2) is 24.5 Å². The number of amides is 1. The van der Waals surface area contributed by atoms with Crippen molar-refractivity contribution in [2.45, 2.75) is 50.7 Å². The van der Waals surface area contributed by atoms with E-state index in [-0.39, 0.29) is 5.91 Å². The topological polar surface area (TPSA) is 79.9 Å². The number of nitrogens with zero attached hydrogens (tertiary/aromatic N) is 3. The van der Waals surface area contributed by atoms with Gasteiger partial charge in [-0.1, -0.05) is 48.5 Å². The van der Waals surface area contributed by atoms with Crippen molar-refractivity contribution in [1.29, 1.82) is 0 Å². The summed E-state index contributed by atoms with van der Waals surface area (Å²) in [6, 6.07) is 3.82. The molecule has 3 N–H and O–H groups in total. The fraction of sp³-hybridized carbons (Fsp3) is 0.429. The van der Waals surface area contributed by atoms with E-state index in [1.807, 2.05) is 23.2 Å². The molecule has 3 heterocycles. The summed E-state index contributed by atoms with van der Waals surface area (Å²) in [5.74, 6) is 0.0657.